The molecule has 0 unspecified atom stereocenters. The molecule has 0 aromatic carbocycles. The number of fused-ring (bicyclic) bond motifs is 1. The zero-order valence-corrected chi connectivity index (χ0v) is 14.7. The molecular weight excluding hydrogens is 306 g/mol. The number of hydrogen-bond acceptors (Lipinski definition) is 5. The van der Waals surface area contributed by atoms with Gasteiger partial charge in [0, 0.05) is 26.3 Å². The molecule has 0 spiro atoms. The van der Waals surface area contributed by atoms with Crippen molar-refractivity contribution in [2.75, 3.05) is 25.0 Å². The second-order valence-corrected chi connectivity index (χ2v) is 7.29. The second-order valence-electron chi connectivity index (χ2n) is 7.29. The van der Waals surface area contributed by atoms with Gasteiger partial charge in [-0.3, -0.25) is 0 Å². The van der Waals surface area contributed by atoms with Crippen molar-refractivity contribution in [1.82, 2.24) is 19.9 Å². The number of nitrogens with one attached hydrogen (secondary N) is 1. The average Bonchev–Trinajstić information content (AvgIpc) is 3.11. The fourth-order valence-electron chi connectivity index (χ4n) is 3.00. The van der Waals surface area contributed by atoms with Crippen molar-refractivity contribution < 1.29 is 9.53 Å². The summed E-state index contributed by atoms with van der Waals surface area (Å²) in [5.74, 6) is 0.764. The van der Waals surface area contributed by atoms with Crippen LogP contribution in [0, 0.1) is 0 Å². The Morgan fingerprint density at radius 2 is 2.29 bits per heavy atom. The third-order valence-electron chi connectivity index (χ3n) is 4.10. The molecule has 2 aromatic rings. The number of imidazole rings is 1. The fourth-order valence-corrected chi connectivity index (χ4v) is 3.00. The standard InChI is InChI=1S/C17H25N5O2/c1-17(2,3)24-16(23)22-10-6-7-12(22)11-21(4)15-19-13-8-5-9-18-14(13)20-15/h5,8-9,12H,6-7,10-11H2,1-4H3,(H,18,19,20)/t12-/m0/s1. The van der Waals surface area contributed by atoms with Crippen LogP contribution < -0.4 is 4.90 Å². The van der Waals surface area contributed by atoms with Crippen LogP contribution in [0.1, 0.15) is 33.6 Å². The maximum Gasteiger partial charge on any atom is 0.410 e. The van der Waals surface area contributed by atoms with Crippen LogP contribution in [0.15, 0.2) is 18.3 Å². The quantitative estimate of drug-likeness (QED) is 0.936. The van der Waals surface area contributed by atoms with Crippen LogP contribution in [-0.2, 0) is 4.74 Å². The van der Waals surface area contributed by atoms with Gasteiger partial charge in [-0.2, -0.15) is 4.98 Å². The van der Waals surface area contributed by atoms with Crippen LogP contribution in [-0.4, -0.2) is 57.7 Å². The van der Waals surface area contributed by atoms with Gasteiger partial charge in [-0.05, 0) is 45.7 Å². The number of rotatable bonds is 3. The number of aromatic amines is 1. The summed E-state index contributed by atoms with van der Waals surface area (Å²) in [6.07, 6.45) is 3.47. The number of pyridine rings is 1. The molecular formula is C17H25N5O2. The SMILES string of the molecule is CN(C[C@@H]1CCCN1C(=O)OC(C)(C)C)c1nc2ncccc2[nH]1. The molecule has 1 fully saturated rings. The average molecular weight is 331 g/mol. The van der Waals surface area contributed by atoms with Gasteiger partial charge in [0.25, 0.3) is 0 Å². The summed E-state index contributed by atoms with van der Waals surface area (Å²) in [4.78, 5) is 28.3. The topological polar surface area (TPSA) is 74.3 Å². The van der Waals surface area contributed by atoms with E-state index >= 15 is 0 Å². The minimum absolute atomic E-state index is 0.131. The number of amides is 1. The molecule has 130 valence electrons. The van der Waals surface area contributed by atoms with Crippen molar-refractivity contribution in [2.24, 2.45) is 0 Å². The lowest BCUT2D eigenvalue weighted by atomic mass is 10.2. The van der Waals surface area contributed by atoms with Gasteiger partial charge in [-0.15, -0.1) is 0 Å². The highest BCUT2D eigenvalue weighted by Crippen LogP contribution is 2.23. The number of likely N-dealkylation sites (N-methyl/N-ethyl adjacent to an activating group) is 1. The molecule has 24 heavy (non-hydrogen) atoms. The highest BCUT2D eigenvalue weighted by Gasteiger charge is 2.33. The third kappa shape index (κ3) is 3.60. The van der Waals surface area contributed by atoms with Gasteiger partial charge in [0.2, 0.25) is 5.95 Å². The first-order valence-corrected chi connectivity index (χ1v) is 8.35. The predicted octanol–water partition coefficient (Wildman–Crippen LogP) is 2.79. The molecule has 3 heterocycles. The Hall–Kier alpha value is -2.31. The lowest BCUT2D eigenvalue weighted by molar-refractivity contribution is 0.0231. The zero-order valence-electron chi connectivity index (χ0n) is 14.7. The lowest BCUT2D eigenvalue weighted by Crippen LogP contribution is -2.44. The van der Waals surface area contributed by atoms with Crippen molar-refractivity contribution in [1.29, 1.82) is 0 Å². The lowest BCUT2D eigenvalue weighted by Gasteiger charge is -2.30. The smallest absolute Gasteiger partial charge is 0.410 e. The van der Waals surface area contributed by atoms with Gasteiger partial charge < -0.3 is 19.5 Å². The molecule has 1 N–H and O–H groups in total. The highest BCUT2D eigenvalue weighted by molar-refractivity contribution is 5.73. The van der Waals surface area contributed by atoms with E-state index in [2.05, 4.69) is 15.0 Å². The number of hydrogen-bond donors (Lipinski definition) is 1. The Balaban J connectivity index is 1.68. The fraction of sp³-hybridized carbons (Fsp3) is 0.588. The molecule has 1 aliphatic rings. The van der Waals surface area contributed by atoms with Gasteiger partial charge in [-0.25, -0.2) is 9.78 Å². The van der Waals surface area contributed by atoms with E-state index in [-0.39, 0.29) is 12.1 Å². The number of ether oxygens (including phenoxy) is 1. The molecule has 1 aliphatic heterocycles. The number of carbonyl (C=O) groups excluding carboxylic acids is 1. The largest absolute Gasteiger partial charge is 0.444 e. The second kappa shape index (κ2) is 6.30. The van der Waals surface area contributed by atoms with Gasteiger partial charge in [-0.1, -0.05) is 0 Å². The molecule has 1 saturated heterocycles. The minimum Gasteiger partial charge on any atom is -0.444 e. The van der Waals surface area contributed by atoms with E-state index in [4.69, 9.17) is 4.74 Å². The Bertz CT molecular complexity index is 688. The number of aromatic nitrogens is 3. The maximum absolute atomic E-state index is 12.4. The predicted molar refractivity (Wildman–Crippen MR) is 93.1 cm³/mol. The molecule has 3 rings (SSSR count). The van der Waals surface area contributed by atoms with Crippen molar-refractivity contribution in [3.05, 3.63) is 18.3 Å². The molecule has 2 aromatic heterocycles. The van der Waals surface area contributed by atoms with Crippen molar-refractivity contribution in [3.63, 3.8) is 0 Å². The van der Waals surface area contributed by atoms with Crippen molar-refractivity contribution in [3.8, 4) is 0 Å². The van der Waals surface area contributed by atoms with E-state index in [9.17, 15) is 4.79 Å². The van der Waals surface area contributed by atoms with Gasteiger partial charge in [0.05, 0.1) is 11.6 Å². The Morgan fingerprint density at radius 1 is 1.50 bits per heavy atom. The van der Waals surface area contributed by atoms with E-state index < -0.39 is 5.60 Å². The third-order valence-corrected chi connectivity index (χ3v) is 4.10. The Kier molecular flexibility index (Phi) is 4.34. The van der Waals surface area contributed by atoms with E-state index in [1.54, 1.807) is 6.20 Å². The summed E-state index contributed by atoms with van der Waals surface area (Å²) in [6.45, 7) is 7.13. The number of likely N-dealkylation sites (tertiary alicyclic amines) is 1. The summed E-state index contributed by atoms with van der Waals surface area (Å²) >= 11 is 0. The molecule has 1 atom stereocenters. The molecule has 1 amide bonds. The van der Waals surface area contributed by atoms with Crippen LogP contribution in [0.3, 0.4) is 0 Å². The minimum atomic E-state index is -0.472. The van der Waals surface area contributed by atoms with Gasteiger partial charge in [0.15, 0.2) is 5.65 Å². The van der Waals surface area contributed by atoms with Gasteiger partial charge >= 0.3 is 6.09 Å². The van der Waals surface area contributed by atoms with E-state index in [1.165, 1.54) is 0 Å². The monoisotopic (exact) mass is 331 g/mol. The summed E-state index contributed by atoms with van der Waals surface area (Å²) < 4.78 is 5.52. The van der Waals surface area contributed by atoms with Crippen LogP contribution >= 0.6 is 0 Å². The van der Waals surface area contributed by atoms with Crippen LogP contribution in [0.2, 0.25) is 0 Å². The van der Waals surface area contributed by atoms with E-state index in [0.29, 0.717) is 12.2 Å². The van der Waals surface area contributed by atoms with Crippen LogP contribution in [0.5, 0.6) is 0 Å². The van der Waals surface area contributed by atoms with Crippen molar-refractivity contribution >= 4 is 23.2 Å². The van der Waals surface area contributed by atoms with Crippen LogP contribution in [0.25, 0.3) is 11.2 Å². The molecule has 7 nitrogen and oxygen atoms in total. The molecule has 7 heteroatoms. The normalized spacial score (nSPS) is 18.2. The van der Waals surface area contributed by atoms with Gasteiger partial charge in [0.1, 0.15) is 5.60 Å². The zero-order chi connectivity index (χ0) is 17.3. The first-order valence-electron chi connectivity index (χ1n) is 8.35. The van der Waals surface area contributed by atoms with Crippen molar-refractivity contribution in [2.45, 2.75) is 45.3 Å². The summed E-state index contributed by atoms with van der Waals surface area (Å²) in [5.41, 5.74) is 1.14. The van der Waals surface area contributed by atoms with Crippen LogP contribution in [0.4, 0.5) is 10.7 Å². The number of nitrogens with zero attached hydrogens (tertiary/aromatic N) is 4. The molecule has 0 radical (unpaired) electrons. The summed E-state index contributed by atoms with van der Waals surface area (Å²) in [5, 5.41) is 0. The highest BCUT2D eigenvalue weighted by atomic mass is 16.6. The first kappa shape index (κ1) is 16.5. The molecule has 0 aliphatic carbocycles. The number of H-pyrrole nitrogens is 1. The maximum atomic E-state index is 12.4. The number of anilines is 1. The Morgan fingerprint density at radius 3 is 3.00 bits per heavy atom. The van der Waals surface area contributed by atoms with E-state index in [0.717, 1.165) is 30.9 Å². The first-order chi connectivity index (χ1) is 11.3. The molecule has 0 saturated carbocycles. The molecule has 0 bridgehead atoms. The Labute approximate surface area is 142 Å². The number of carbonyl (C=O) groups is 1. The summed E-state index contributed by atoms with van der Waals surface area (Å²) in [7, 11) is 1.98. The van der Waals surface area contributed by atoms with E-state index in [1.807, 2.05) is 49.8 Å². The summed E-state index contributed by atoms with van der Waals surface area (Å²) in [6, 6.07) is 3.96.